The van der Waals surface area contributed by atoms with Gasteiger partial charge in [0.2, 0.25) is 0 Å². The van der Waals surface area contributed by atoms with Crippen molar-refractivity contribution in [1.82, 2.24) is 9.55 Å². The minimum Gasteiger partial charge on any atom is -0.475 e. The van der Waals surface area contributed by atoms with Crippen LogP contribution in [0.25, 0.3) is 0 Å². The summed E-state index contributed by atoms with van der Waals surface area (Å²) < 4.78 is 33.6. The molecule has 1 N–H and O–H groups in total. The number of carboxylic acids is 1. The lowest BCUT2D eigenvalue weighted by Gasteiger charge is -1.93. The number of halogens is 3. The van der Waals surface area contributed by atoms with Crippen molar-refractivity contribution in [1.29, 1.82) is 0 Å². The second-order valence-corrected chi connectivity index (χ2v) is 3.39. The maximum Gasteiger partial charge on any atom is 0.490 e. The van der Waals surface area contributed by atoms with Gasteiger partial charge >= 0.3 is 12.1 Å². The first-order valence-corrected chi connectivity index (χ1v) is 4.98. The summed E-state index contributed by atoms with van der Waals surface area (Å²) in [6.07, 6.45) is 2.06. The summed E-state index contributed by atoms with van der Waals surface area (Å²) in [7, 11) is 1.94. The average molecular weight is 266 g/mol. The lowest BCUT2D eigenvalue weighted by atomic mass is 10.2. The topological polar surface area (TPSA) is 72.2 Å². The first-order chi connectivity index (χ1) is 8.27. The minimum absolute atomic E-state index is 0.635. The number of unbranched alkanes of at least 4 members (excludes halogenated alkanes) is 1. The van der Waals surface area contributed by atoms with Gasteiger partial charge < -0.3 is 14.5 Å². The molecule has 0 spiro atoms. The molecule has 0 fully saturated rings. The Bertz CT molecular complexity index is 388. The minimum atomic E-state index is -5.08. The van der Waals surface area contributed by atoms with E-state index >= 15 is 0 Å². The SMILES string of the molecule is Cn1cnc(CCCC=O)c1.O=C(O)C(F)(F)F. The average Bonchev–Trinajstić information content (AvgIpc) is 2.64. The van der Waals surface area contributed by atoms with Gasteiger partial charge in [0.25, 0.3) is 0 Å². The summed E-state index contributed by atoms with van der Waals surface area (Å²) in [5.74, 6) is -2.76. The van der Waals surface area contributed by atoms with Gasteiger partial charge in [-0.25, -0.2) is 9.78 Å². The Hall–Kier alpha value is -1.86. The molecule has 0 saturated carbocycles. The van der Waals surface area contributed by atoms with Crippen LogP contribution in [0, 0.1) is 0 Å². The van der Waals surface area contributed by atoms with E-state index in [4.69, 9.17) is 9.90 Å². The molecule has 0 radical (unpaired) electrons. The van der Waals surface area contributed by atoms with Crippen molar-refractivity contribution in [3.8, 4) is 0 Å². The van der Waals surface area contributed by atoms with Gasteiger partial charge in [0.15, 0.2) is 0 Å². The third kappa shape index (κ3) is 7.42. The summed E-state index contributed by atoms with van der Waals surface area (Å²) in [5.41, 5.74) is 1.06. The monoisotopic (exact) mass is 266 g/mol. The highest BCUT2D eigenvalue weighted by Gasteiger charge is 2.38. The van der Waals surface area contributed by atoms with Crippen LogP contribution < -0.4 is 0 Å². The van der Waals surface area contributed by atoms with E-state index in [0.29, 0.717) is 6.42 Å². The summed E-state index contributed by atoms with van der Waals surface area (Å²) in [6, 6.07) is 0. The predicted octanol–water partition coefficient (Wildman–Crippen LogP) is 1.57. The van der Waals surface area contributed by atoms with Crippen LogP contribution in [0.1, 0.15) is 18.5 Å². The van der Waals surface area contributed by atoms with Gasteiger partial charge in [0, 0.05) is 19.7 Å². The molecule has 5 nitrogen and oxygen atoms in total. The molecule has 0 unspecified atom stereocenters. The van der Waals surface area contributed by atoms with Crippen LogP contribution in [0.2, 0.25) is 0 Å². The van der Waals surface area contributed by atoms with Crippen molar-refractivity contribution in [3.05, 3.63) is 18.2 Å². The zero-order chi connectivity index (χ0) is 14.2. The van der Waals surface area contributed by atoms with Crippen LogP contribution in [0.3, 0.4) is 0 Å². The van der Waals surface area contributed by atoms with Gasteiger partial charge in [-0.05, 0) is 12.8 Å². The third-order valence-corrected chi connectivity index (χ3v) is 1.76. The van der Waals surface area contributed by atoms with Gasteiger partial charge in [0.1, 0.15) is 6.29 Å². The van der Waals surface area contributed by atoms with Gasteiger partial charge in [-0.2, -0.15) is 13.2 Å². The van der Waals surface area contributed by atoms with E-state index in [-0.39, 0.29) is 0 Å². The third-order valence-electron chi connectivity index (χ3n) is 1.76. The Morgan fingerprint density at radius 3 is 2.44 bits per heavy atom. The van der Waals surface area contributed by atoms with Crippen LogP contribution in [-0.2, 0) is 23.1 Å². The number of aryl methyl sites for hydroxylation is 2. The standard InChI is InChI=1S/C8H12N2O.C2HF3O2/c1-10-6-8(9-7-10)4-2-3-5-11;3-2(4,5)1(6)7/h5-7H,2-4H2,1H3;(H,6,7). The molecular weight excluding hydrogens is 253 g/mol. The molecule has 0 aliphatic rings. The van der Waals surface area contributed by atoms with E-state index in [1.165, 1.54) is 0 Å². The smallest absolute Gasteiger partial charge is 0.475 e. The number of hydrogen-bond donors (Lipinski definition) is 1. The van der Waals surface area contributed by atoms with Gasteiger partial charge in [-0.1, -0.05) is 0 Å². The second-order valence-electron chi connectivity index (χ2n) is 3.39. The number of carbonyl (C=O) groups is 2. The number of carboxylic acid groups (broad SMARTS) is 1. The molecule has 1 aromatic heterocycles. The molecule has 18 heavy (non-hydrogen) atoms. The zero-order valence-corrected chi connectivity index (χ0v) is 9.65. The van der Waals surface area contributed by atoms with E-state index < -0.39 is 12.1 Å². The van der Waals surface area contributed by atoms with Crippen molar-refractivity contribution in [2.24, 2.45) is 7.05 Å². The first kappa shape index (κ1) is 16.1. The normalized spacial score (nSPS) is 10.4. The quantitative estimate of drug-likeness (QED) is 0.663. The Morgan fingerprint density at radius 1 is 1.56 bits per heavy atom. The molecule has 1 heterocycles. The molecule has 0 aliphatic carbocycles. The van der Waals surface area contributed by atoms with Gasteiger partial charge in [0.05, 0.1) is 12.0 Å². The molecule has 1 rings (SSSR count). The number of aliphatic carboxylic acids is 1. The van der Waals surface area contributed by atoms with Crippen molar-refractivity contribution >= 4 is 12.3 Å². The summed E-state index contributed by atoms with van der Waals surface area (Å²) in [6.45, 7) is 0. The Labute approximate surface area is 101 Å². The molecule has 0 amide bonds. The molecule has 0 saturated heterocycles. The molecule has 1 aromatic rings. The van der Waals surface area contributed by atoms with E-state index in [0.717, 1.165) is 24.8 Å². The number of aldehydes is 1. The fourth-order valence-electron chi connectivity index (χ4n) is 0.963. The Balaban J connectivity index is 0.000000360. The van der Waals surface area contributed by atoms with Crippen molar-refractivity contribution < 1.29 is 27.9 Å². The maximum atomic E-state index is 10.6. The van der Waals surface area contributed by atoms with Crippen LogP contribution in [0.5, 0.6) is 0 Å². The fraction of sp³-hybridized carbons (Fsp3) is 0.500. The zero-order valence-electron chi connectivity index (χ0n) is 9.65. The molecule has 0 aromatic carbocycles. The van der Waals surface area contributed by atoms with E-state index in [1.54, 1.807) is 6.33 Å². The van der Waals surface area contributed by atoms with Crippen LogP contribution in [-0.4, -0.2) is 33.1 Å². The van der Waals surface area contributed by atoms with Crippen molar-refractivity contribution in [3.63, 3.8) is 0 Å². The number of aromatic nitrogens is 2. The van der Waals surface area contributed by atoms with E-state index in [2.05, 4.69) is 4.98 Å². The van der Waals surface area contributed by atoms with E-state index in [1.807, 2.05) is 17.8 Å². The molecule has 0 bridgehead atoms. The Kier molecular flexibility index (Phi) is 6.69. The second kappa shape index (κ2) is 7.46. The number of hydrogen-bond acceptors (Lipinski definition) is 3. The number of carbonyl (C=O) groups excluding carboxylic acids is 1. The number of alkyl halides is 3. The highest BCUT2D eigenvalue weighted by Crippen LogP contribution is 2.13. The molecule has 102 valence electrons. The molecule has 0 atom stereocenters. The first-order valence-electron chi connectivity index (χ1n) is 4.98. The number of imidazole rings is 1. The van der Waals surface area contributed by atoms with Crippen molar-refractivity contribution in [2.45, 2.75) is 25.4 Å². The largest absolute Gasteiger partial charge is 0.490 e. The maximum absolute atomic E-state index is 10.6. The molecule has 8 heteroatoms. The van der Waals surface area contributed by atoms with Gasteiger partial charge in [-0.3, -0.25) is 0 Å². The highest BCUT2D eigenvalue weighted by molar-refractivity contribution is 5.73. The Morgan fingerprint density at radius 2 is 2.11 bits per heavy atom. The summed E-state index contributed by atoms with van der Waals surface area (Å²) in [4.78, 5) is 23.0. The predicted molar refractivity (Wildman–Crippen MR) is 55.9 cm³/mol. The number of rotatable bonds is 4. The molecule has 0 aliphatic heterocycles. The van der Waals surface area contributed by atoms with Crippen LogP contribution >= 0.6 is 0 Å². The highest BCUT2D eigenvalue weighted by atomic mass is 19.4. The summed E-state index contributed by atoms with van der Waals surface area (Å²) >= 11 is 0. The number of nitrogens with zero attached hydrogens (tertiary/aromatic N) is 2. The lowest BCUT2D eigenvalue weighted by Crippen LogP contribution is -2.21. The van der Waals surface area contributed by atoms with E-state index in [9.17, 15) is 18.0 Å². The van der Waals surface area contributed by atoms with Crippen molar-refractivity contribution in [2.75, 3.05) is 0 Å². The van der Waals surface area contributed by atoms with Crippen LogP contribution in [0.15, 0.2) is 12.5 Å². The lowest BCUT2D eigenvalue weighted by molar-refractivity contribution is -0.192. The molecular formula is C10H13F3N2O3. The fourth-order valence-corrected chi connectivity index (χ4v) is 0.963. The van der Waals surface area contributed by atoms with Crippen LogP contribution in [0.4, 0.5) is 13.2 Å². The summed E-state index contributed by atoms with van der Waals surface area (Å²) in [5, 5.41) is 7.12. The van der Waals surface area contributed by atoms with Gasteiger partial charge in [-0.15, -0.1) is 0 Å².